The molecule has 2 N–H and O–H groups in total. The predicted octanol–water partition coefficient (Wildman–Crippen LogP) is 2.86. The largest absolute Gasteiger partial charge is 0.382 e. The monoisotopic (exact) mass is 399 g/mol. The van der Waals surface area contributed by atoms with E-state index in [-0.39, 0.29) is 17.9 Å². The molecule has 3 heterocycles. The first kappa shape index (κ1) is 19.4. The van der Waals surface area contributed by atoms with Gasteiger partial charge in [0.25, 0.3) is 5.56 Å². The van der Waals surface area contributed by atoms with E-state index < -0.39 is 0 Å². The number of nitrogens with zero attached hydrogens (tertiary/aromatic N) is 2. The Kier molecular flexibility index (Phi) is 5.48. The molecule has 0 radical (unpaired) electrons. The van der Waals surface area contributed by atoms with Crippen LogP contribution in [0, 0.1) is 5.82 Å². The van der Waals surface area contributed by atoms with Gasteiger partial charge in [-0.2, -0.15) is 0 Å². The number of pyridine rings is 1. The van der Waals surface area contributed by atoms with Crippen molar-refractivity contribution in [2.24, 2.45) is 0 Å². The number of nitrogens with one attached hydrogen (secondary N) is 1. The molecule has 4 rings (SSSR count). The second-order valence-corrected chi connectivity index (χ2v) is 6.94. The molecular weight excluding hydrogens is 377 g/mol. The van der Waals surface area contributed by atoms with Crippen LogP contribution in [-0.4, -0.2) is 40.1 Å². The maximum absolute atomic E-state index is 13.2. The smallest absolute Gasteiger partial charge is 0.272 e. The van der Waals surface area contributed by atoms with Crippen molar-refractivity contribution in [3.63, 3.8) is 0 Å². The number of rotatable bonds is 7. The first-order valence-corrected chi connectivity index (χ1v) is 9.28. The number of fused-ring (bicyclic) bond motifs is 3. The summed E-state index contributed by atoms with van der Waals surface area (Å²) in [4.78, 5) is 15.8. The van der Waals surface area contributed by atoms with Crippen LogP contribution in [0.1, 0.15) is 22.4 Å². The summed E-state index contributed by atoms with van der Waals surface area (Å²) in [6, 6.07) is 6.21. The van der Waals surface area contributed by atoms with Gasteiger partial charge < -0.3 is 19.0 Å². The molecule has 152 valence electrons. The average Bonchev–Trinajstić information content (AvgIpc) is 3.06. The molecule has 2 aromatic heterocycles. The van der Waals surface area contributed by atoms with E-state index in [9.17, 15) is 14.4 Å². The Bertz CT molecular complexity index is 1100. The molecule has 0 aliphatic carbocycles. The van der Waals surface area contributed by atoms with Crippen molar-refractivity contribution < 1.29 is 19.1 Å². The highest BCUT2D eigenvalue weighted by atomic mass is 19.1. The maximum atomic E-state index is 13.2. The highest BCUT2D eigenvalue weighted by Gasteiger charge is 2.21. The number of hydrogen-bond donors (Lipinski definition) is 2. The van der Waals surface area contributed by atoms with Gasteiger partial charge in [-0.25, -0.2) is 4.39 Å². The van der Waals surface area contributed by atoms with E-state index in [4.69, 9.17) is 9.47 Å². The summed E-state index contributed by atoms with van der Waals surface area (Å²) in [5.41, 5.74) is 3.53. The van der Waals surface area contributed by atoms with E-state index in [2.05, 4.69) is 4.98 Å². The summed E-state index contributed by atoms with van der Waals surface area (Å²) in [5, 5.41) is 11.6. The van der Waals surface area contributed by atoms with E-state index in [1.54, 1.807) is 31.5 Å². The summed E-state index contributed by atoms with van der Waals surface area (Å²) in [7, 11) is 1.61. The summed E-state index contributed by atoms with van der Waals surface area (Å²) < 4.78 is 25.8. The normalized spacial score (nSPS) is 13.3. The zero-order valence-electron chi connectivity index (χ0n) is 16.0. The molecule has 0 fully saturated rings. The number of benzene rings is 1. The van der Waals surface area contributed by atoms with Gasteiger partial charge in [-0.15, -0.1) is 0 Å². The van der Waals surface area contributed by atoms with Crippen LogP contribution in [0.5, 0.6) is 0 Å². The minimum absolute atomic E-state index is 0.199. The Hall–Kier alpha value is -2.94. The van der Waals surface area contributed by atoms with Crippen molar-refractivity contribution in [1.82, 2.24) is 14.6 Å². The predicted molar refractivity (Wildman–Crippen MR) is 106 cm³/mol. The molecule has 1 aliphatic rings. The topological polar surface area (TPSA) is 79.7 Å². The minimum Gasteiger partial charge on any atom is -0.382 e. The van der Waals surface area contributed by atoms with E-state index in [0.29, 0.717) is 37.6 Å². The number of ether oxygens (including phenoxy) is 2. The van der Waals surface area contributed by atoms with Crippen LogP contribution < -0.4 is 5.56 Å². The Labute approximate surface area is 166 Å². The Morgan fingerprint density at radius 3 is 2.79 bits per heavy atom. The van der Waals surface area contributed by atoms with E-state index in [0.717, 1.165) is 27.1 Å². The number of aromatic amines is 1. The van der Waals surface area contributed by atoms with Crippen LogP contribution in [0.15, 0.2) is 41.5 Å². The summed E-state index contributed by atoms with van der Waals surface area (Å²) in [6.07, 6.45) is 5.24. The summed E-state index contributed by atoms with van der Waals surface area (Å²) >= 11 is 0. The van der Waals surface area contributed by atoms with Gasteiger partial charge in [0.05, 0.1) is 26.4 Å². The van der Waals surface area contributed by atoms with Crippen LogP contribution in [0.4, 0.5) is 4.39 Å². The highest BCUT2D eigenvalue weighted by molar-refractivity contribution is 5.92. The lowest BCUT2D eigenvalue weighted by Crippen LogP contribution is -2.22. The van der Waals surface area contributed by atoms with Gasteiger partial charge >= 0.3 is 0 Å². The van der Waals surface area contributed by atoms with Crippen LogP contribution in [0.25, 0.3) is 17.0 Å². The lowest BCUT2D eigenvalue weighted by Gasteiger charge is -2.19. The van der Waals surface area contributed by atoms with E-state index >= 15 is 0 Å². The first-order valence-electron chi connectivity index (χ1n) is 9.28. The molecule has 0 bridgehead atoms. The second kappa shape index (κ2) is 8.20. The third kappa shape index (κ3) is 3.95. The molecule has 0 amide bonds. The third-order valence-electron chi connectivity index (χ3n) is 4.92. The van der Waals surface area contributed by atoms with Crippen LogP contribution in [0.3, 0.4) is 0 Å². The lowest BCUT2D eigenvalue weighted by atomic mass is 10.0. The molecular formula is C21H22FN3O4. The molecule has 7 nitrogen and oxygen atoms in total. The van der Waals surface area contributed by atoms with E-state index in [1.165, 1.54) is 12.1 Å². The van der Waals surface area contributed by atoms with Gasteiger partial charge in [-0.3, -0.25) is 15.1 Å². The standard InChI is InChI=1S/C21H22FN3O4/c1-28-8-9-29-13-15-11-24(10-14-2-4-16(22)5-3-14)20-19(15)17-6-7-25(27)12-18(17)23-21(20)26/h2-7,11,27H,8-10,12-13H2,1H3,(H,23,26). The second-order valence-electron chi connectivity index (χ2n) is 6.94. The number of aromatic nitrogens is 2. The molecule has 1 aliphatic heterocycles. The fourth-order valence-corrected chi connectivity index (χ4v) is 3.60. The highest BCUT2D eigenvalue weighted by Crippen LogP contribution is 2.29. The number of hydroxylamine groups is 2. The zero-order valence-corrected chi connectivity index (χ0v) is 16.0. The third-order valence-corrected chi connectivity index (χ3v) is 4.92. The van der Waals surface area contributed by atoms with Gasteiger partial charge in [0, 0.05) is 48.3 Å². The molecule has 8 heteroatoms. The van der Waals surface area contributed by atoms with Crippen molar-refractivity contribution in [1.29, 1.82) is 0 Å². The molecule has 0 atom stereocenters. The van der Waals surface area contributed by atoms with Crippen molar-refractivity contribution >= 4 is 17.0 Å². The summed E-state index contributed by atoms with van der Waals surface area (Å²) in [5.74, 6) is -0.302. The average molecular weight is 399 g/mol. The molecule has 3 aromatic rings. The molecule has 0 saturated carbocycles. The fourth-order valence-electron chi connectivity index (χ4n) is 3.60. The fraction of sp³-hybridized carbons (Fsp3) is 0.286. The van der Waals surface area contributed by atoms with Gasteiger partial charge in [0.1, 0.15) is 11.3 Å². The Morgan fingerprint density at radius 2 is 2.03 bits per heavy atom. The van der Waals surface area contributed by atoms with Crippen molar-refractivity contribution in [2.45, 2.75) is 19.7 Å². The number of halogens is 1. The molecule has 0 unspecified atom stereocenters. The van der Waals surface area contributed by atoms with Crippen LogP contribution >= 0.6 is 0 Å². The lowest BCUT2D eigenvalue weighted by molar-refractivity contribution is -0.0504. The summed E-state index contributed by atoms with van der Waals surface area (Å²) in [6.45, 7) is 1.86. The molecule has 29 heavy (non-hydrogen) atoms. The Balaban J connectivity index is 1.80. The molecule has 0 saturated heterocycles. The van der Waals surface area contributed by atoms with Gasteiger partial charge in [0.2, 0.25) is 0 Å². The van der Waals surface area contributed by atoms with Crippen LogP contribution in [-0.2, 0) is 29.2 Å². The number of hydrogen-bond acceptors (Lipinski definition) is 5. The zero-order chi connectivity index (χ0) is 20.4. The van der Waals surface area contributed by atoms with Crippen molar-refractivity contribution in [2.75, 3.05) is 20.3 Å². The quantitative estimate of drug-likeness (QED) is 0.598. The molecule has 1 aromatic carbocycles. The van der Waals surface area contributed by atoms with Crippen molar-refractivity contribution in [3.8, 4) is 0 Å². The minimum atomic E-state index is -0.302. The van der Waals surface area contributed by atoms with Crippen LogP contribution in [0.2, 0.25) is 0 Å². The molecule has 0 spiro atoms. The first-order chi connectivity index (χ1) is 14.1. The van der Waals surface area contributed by atoms with Gasteiger partial charge in [-0.1, -0.05) is 12.1 Å². The van der Waals surface area contributed by atoms with Gasteiger partial charge in [0.15, 0.2) is 0 Å². The number of methoxy groups -OCH3 is 1. The maximum Gasteiger partial charge on any atom is 0.272 e. The van der Waals surface area contributed by atoms with Crippen molar-refractivity contribution in [3.05, 3.63) is 75.2 Å². The SMILES string of the molecule is COCCOCc1cn(Cc2ccc(F)cc2)c2c(=O)[nH]c3c(c12)C=CN(O)C3. The number of H-pyrrole nitrogens is 1. The Morgan fingerprint density at radius 1 is 1.24 bits per heavy atom. The van der Waals surface area contributed by atoms with Gasteiger partial charge in [-0.05, 0) is 23.8 Å². The van der Waals surface area contributed by atoms with E-state index in [1.807, 2.05) is 10.8 Å².